The standard InChI is InChI=1S/C14H30N4O2/c1-3-5-13(17-8-10-19-11-16)14(6-4-2)18-12-20-9-7-15/h3-12,15-16H2,1-2H3. The van der Waals surface area contributed by atoms with Gasteiger partial charge < -0.3 is 20.9 Å². The lowest BCUT2D eigenvalue weighted by Crippen LogP contribution is -2.18. The second-order valence-electron chi connectivity index (χ2n) is 4.33. The summed E-state index contributed by atoms with van der Waals surface area (Å²) in [5.74, 6) is 0. The highest BCUT2D eigenvalue weighted by Gasteiger charge is 2.07. The molecular formula is C14H30N4O2. The fourth-order valence-electron chi connectivity index (χ4n) is 1.70. The highest BCUT2D eigenvalue weighted by atomic mass is 16.5. The van der Waals surface area contributed by atoms with Crippen LogP contribution in [0.3, 0.4) is 0 Å². The molecule has 0 aromatic carbocycles. The van der Waals surface area contributed by atoms with Crippen LogP contribution in [0.4, 0.5) is 0 Å². The SMILES string of the molecule is CCCC(=NCCOCN)C(CCC)=NCOCCN. The zero-order chi connectivity index (χ0) is 15.1. The number of nitrogens with zero attached hydrogens (tertiary/aromatic N) is 2. The average molecular weight is 286 g/mol. The van der Waals surface area contributed by atoms with E-state index in [2.05, 4.69) is 23.8 Å². The molecule has 0 unspecified atom stereocenters. The van der Waals surface area contributed by atoms with Crippen molar-refractivity contribution in [2.45, 2.75) is 39.5 Å². The monoisotopic (exact) mass is 286 g/mol. The Balaban J connectivity index is 4.57. The molecule has 0 amide bonds. The topological polar surface area (TPSA) is 95.2 Å². The molecule has 0 fully saturated rings. The zero-order valence-electron chi connectivity index (χ0n) is 12.9. The lowest BCUT2D eigenvalue weighted by Gasteiger charge is -2.10. The number of hydrogen-bond donors (Lipinski definition) is 2. The van der Waals surface area contributed by atoms with Crippen molar-refractivity contribution in [2.75, 3.05) is 39.8 Å². The van der Waals surface area contributed by atoms with Crippen LogP contribution in [0.1, 0.15) is 39.5 Å². The Morgan fingerprint density at radius 2 is 1.55 bits per heavy atom. The third-order valence-electron chi connectivity index (χ3n) is 2.57. The first-order valence-corrected chi connectivity index (χ1v) is 7.42. The van der Waals surface area contributed by atoms with E-state index in [1.807, 2.05) is 0 Å². The fraction of sp³-hybridized carbons (Fsp3) is 0.857. The molecular weight excluding hydrogens is 256 g/mol. The van der Waals surface area contributed by atoms with Crippen LogP contribution in [0.15, 0.2) is 9.98 Å². The van der Waals surface area contributed by atoms with E-state index in [0.29, 0.717) is 33.0 Å². The van der Waals surface area contributed by atoms with Gasteiger partial charge in [-0.1, -0.05) is 26.7 Å². The lowest BCUT2D eigenvalue weighted by atomic mass is 10.1. The number of ether oxygens (including phenoxy) is 2. The van der Waals surface area contributed by atoms with E-state index >= 15 is 0 Å². The van der Waals surface area contributed by atoms with Crippen molar-refractivity contribution in [3.8, 4) is 0 Å². The molecule has 0 aliphatic carbocycles. The van der Waals surface area contributed by atoms with Gasteiger partial charge in [-0.15, -0.1) is 0 Å². The van der Waals surface area contributed by atoms with Crippen LogP contribution >= 0.6 is 0 Å². The third kappa shape index (κ3) is 10.0. The first-order chi connectivity index (χ1) is 9.79. The van der Waals surface area contributed by atoms with E-state index in [1.54, 1.807) is 0 Å². The number of aliphatic imine (C=N–C) groups is 2. The summed E-state index contributed by atoms with van der Waals surface area (Å²) in [6.45, 7) is 7.10. The molecule has 0 bridgehead atoms. The Morgan fingerprint density at radius 3 is 2.10 bits per heavy atom. The molecule has 0 rings (SSSR count). The smallest absolute Gasteiger partial charge is 0.137 e. The highest BCUT2D eigenvalue weighted by Crippen LogP contribution is 2.03. The second kappa shape index (κ2) is 14.6. The van der Waals surface area contributed by atoms with Crippen molar-refractivity contribution in [1.29, 1.82) is 0 Å². The third-order valence-corrected chi connectivity index (χ3v) is 2.57. The molecule has 0 saturated heterocycles. The van der Waals surface area contributed by atoms with Gasteiger partial charge in [-0.05, 0) is 12.8 Å². The van der Waals surface area contributed by atoms with Crippen molar-refractivity contribution in [1.82, 2.24) is 0 Å². The van der Waals surface area contributed by atoms with Gasteiger partial charge in [-0.25, -0.2) is 0 Å². The van der Waals surface area contributed by atoms with E-state index in [1.165, 1.54) is 0 Å². The first-order valence-electron chi connectivity index (χ1n) is 7.42. The Kier molecular flexibility index (Phi) is 14.0. The van der Waals surface area contributed by atoms with Crippen LogP contribution in [0.25, 0.3) is 0 Å². The minimum atomic E-state index is 0.238. The summed E-state index contributed by atoms with van der Waals surface area (Å²) in [6, 6.07) is 0. The van der Waals surface area contributed by atoms with Crippen molar-refractivity contribution in [2.24, 2.45) is 21.5 Å². The summed E-state index contributed by atoms with van der Waals surface area (Å²) < 4.78 is 10.4. The van der Waals surface area contributed by atoms with Crippen LogP contribution in [-0.4, -0.2) is 51.2 Å². The van der Waals surface area contributed by atoms with Gasteiger partial charge in [0.2, 0.25) is 0 Å². The summed E-state index contributed by atoms with van der Waals surface area (Å²) in [6.07, 6.45) is 3.93. The largest absolute Gasteiger partial charge is 0.365 e. The zero-order valence-corrected chi connectivity index (χ0v) is 12.9. The van der Waals surface area contributed by atoms with E-state index in [0.717, 1.165) is 37.1 Å². The van der Waals surface area contributed by atoms with Gasteiger partial charge in [-0.2, -0.15) is 0 Å². The van der Waals surface area contributed by atoms with E-state index in [4.69, 9.17) is 20.9 Å². The van der Waals surface area contributed by atoms with Crippen LogP contribution in [0.5, 0.6) is 0 Å². The Labute approximate surface area is 122 Å². The van der Waals surface area contributed by atoms with Crippen LogP contribution in [0, 0.1) is 0 Å². The minimum absolute atomic E-state index is 0.238. The molecule has 20 heavy (non-hydrogen) atoms. The number of rotatable bonds is 13. The molecule has 0 atom stereocenters. The molecule has 6 heteroatoms. The maximum atomic E-state index is 5.38. The van der Waals surface area contributed by atoms with Gasteiger partial charge in [-0.3, -0.25) is 9.98 Å². The van der Waals surface area contributed by atoms with Gasteiger partial charge in [0, 0.05) is 6.54 Å². The molecule has 0 aromatic heterocycles. The first kappa shape index (κ1) is 19.2. The van der Waals surface area contributed by atoms with Gasteiger partial charge in [0.1, 0.15) is 6.73 Å². The molecule has 6 nitrogen and oxygen atoms in total. The summed E-state index contributed by atoms with van der Waals surface area (Å²) in [5.41, 5.74) is 12.8. The molecule has 0 spiro atoms. The number of nitrogens with two attached hydrogens (primary N) is 2. The Bertz CT molecular complexity index is 252. The van der Waals surface area contributed by atoms with Gasteiger partial charge in [0.05, 0.1) is 37.9 Å². The van der Waals surface area contributed by atoms with Gasteiger partial charge >= 0.3 is 0 Å². The summed E-state index contributed by atoms with van der Waals surface area (Å²) in [4.78, 5) is 9.11. The average Bonchev–Trinajstić information content (AvgIpc) is 2.46. The van der Waals surface area contributed by atoms with Gasteiger partial charge in [0.25, 0.3) is 0 Å². The highest BCUT2D eigenvalue weighted by molar-refractivity contribution is 6.42. The van der Waals surface area contributed by atoms with E-state index in [-0.39, 0.29) is 6.73 Å². The summed E-state index contributed by atoms with van der Waals surface area (Å²) in [5, 5.41) is 0. The Hall–Kier alpha value is -0.820. The molecule has 4 N–H and O–H groups in total. The molecule has 0 aliphatic heterocycles. The lowest BCUT2D eigenvalue weighted by molar-refractivity contribution is 0.149. The van der Waals surface area contributed by atoms with E-state index in [9.17, 15) is 0 Å². The molecule has 0 saturated carbocycles. The van der Waals surface area contributed by atoms with Crippen molar-refractivity contribution in [3.63, 3.8) is 0 Å². The Morgan fingerprint density at radius 1 is 0.900 bits per heavy atom. The molecule has 0 heterocycles. The maximum absolute atomic E-state index is 5.38. The fourth-order valence-corrected chi connectivity index (χ4v) is 1.70. The molecule has 0 radical (unpaired) electrons. The second-order valence-corrected chi connectivity index (χ2v) is 4.33. The summed E-state index contributed by atoms with van der Waals surface area (Å²) in [7, 11) is 0. The predicted octanol–water partition coefficient (Wildman–Crippen LogP) is 1.33. The van der Waals surface area contributed by atoms with Crippen LogP contribution in [0.2, 0.25) is 0 Å². The van der Waals surface area contributed by atoms with Crippen molar-refractivity contribution in [3.05, 3.63) is 0 Å². The van der Waals surface area contributed by atoms with Crippen molar-refractivity contribution >= 4 is 11.4 Å². The number of hydrogen-bond acceptors (Lipinski definition) is 6. The van der Waals surface area contributed by atoms with Crippen molar-refractivity contribution < 1.29 is 9.47 Å². The maximum Gasteiger partial charge on any atom is 0.137 e. The predicted molar refractivity (Wildman–Crippen MR) is 84.4 cm³/mol. The normalized spacial score (nSPS) is 13.0. The summed E-state index contributed by atoms with van der Waals surface area (Å²) >= 11 is 0. The van der Waals surface area contributed by atoms with Crippen LogP contribution < -0.4 is 11.5 Å². The quantitative estimate of drug-likeness (QED) is 0.303. The minimum Gasteiger partial charge on any atom is -0.365 e. The van der Waals surface area contributed by atoms with Crippen LogP contribution in [-0.2, 0) is 9.47 Å². The van der Waals surface area contributed by atoms with E-state index < -0.39 is 0 Å². The molecule has 0 aromatic rings. The molecule has 0 aliphatic rings. The molecule has 118 valence electrons. The van der Waals surface area contributed by atoms with Gasteiger partial charge in [0.15, 0.2) is 0 Å².